The fourth-order valence-electron chi connectivity index (χ4n) is 2.15. The van der Waals surface area contributed by atoms with E-state index >= 15 is 0 Å². The summed E-state index contributed by atoms with van der Waals surface area (Å²) in [5.74, 6) is 0. The molecule has 0 saturated carbocycles. The van der Waals surface area contributed by atoms with E-state index in [0.717, 1.165) is 26.1 Å². The second kappa shape index (κ2) is 4.85. The summed E-state index contributed by atoms with van der Waals surface area (Å²) in [6.45, 7) is 5.47. The van der Waals surface area contributed by atoms with Crippen LogP contribution >= 0.6 is 0 Å². The lowest BCUT2D eigenvalue weighted by atomic mass is 9.99. The minimum atomic E-state index is -0.175. The Morgan fingerprint density at radius 1 is 1.38 bits per heavy atom. The van der Waals surface area contributed by atoms with Gasteiger partial charge in [-0.15, -0.1) is 0 Å². The first-order valence-corrected chi connectivity index (χ1v) is 5.90. The number of likely N-dealkylation sites (N-methyl/N-ethyl adjacent to an activating group) is 1. The molecule has 2 rings (SSSR count). The van der Waals surface area contributed by atoms with Gasteiger partial charge in [0, 0.05) is 25.4 Å². The van der Waals surface area contributed by atoms with Crippen molar-refractivity contribution in [3.05, 3.63) is 30.3 Å². The normalized spacial score (nSPS) is 24.6. The largest absolute Gasteiger partial charge is 0.379 e. The number of anilines is 1. The summed E-state index contributed by atoms with van der Waals surface area (Å²) in [6, 6.07) is 10.4. The molecule has 1 aromatic rings. The van der Waals surface area contributed by atoms with Gasteiger partial charge in [-0.2, -0.15) is 0 Å². The third kappa shape index (κ3) is 2.54. The van der Waals surface area contributed by atoms with Gasteiger partial charge in [0.2, 0.25) is 0 Å². The van der Waals surface area contributed by atoms with E-state index < -0.39 is 0 Å². The Morgan fingerprint density at radius 3 is 2.69 bits per heavy atom. The maximum absolute atomic E-state index is 6.31. The van der Waals surface area contributed by atoms with Crippen molar-refractivity contribution in [1.29, 1.82) is 0 Å². The molecule has 1 heterocycles. The molecular weight excluding hydrogens is 200 g/mol. The number of hydrogen-bond donors (Lipinski definition) is 1. The highest BCUT2D eigenvalue weighted by molar-refractivity contribution is 5.46. The fourth-order valence-corrected chi connectivity index (χ4v) is 2.15. The Kier molecular flexibility index (Phi) is 3.46. The molecule has 1 unspecified atom stereocenters. The van der Waals surface area contributed by atoms with E-state index in [1.54, 1.807) is 0 Å². The number of ether oxygens (including phenoxy) is 1. The minimum absolute atomic E-state index is 0.175. The summed E-state index contributed by atoms with van der Waals surface area (Å²) in [5, 5.41) is 0. The summed E-state index contributed by atoms with van der Waals surface area (Å²) in [7, 11) is 0. The van der Waals surface area contributed by atoms with Gasteiger partial charge in [-0.3, -0.25) is 0 Å². The number of benzene rings is 1. The molecule has 0 spiro atoms. The molecule has 2 N–H and O–H groups in total. The smallest absolute Gasteiger partial charge is 0.0664 e. The maximum atomic E-state index is 6.31. The SMILES string of the molecule is CCN(CC1(N)CCOC1)c1ccccc1. The number of rotatable bonds is 4. The Labute approximate surface area is 97.2 Å². The van der Waals surface area contributed by atoms with Crippen LogP contribution in [0.3, 0.4) is 0 Å². The monoisotopic (exact) mass is 220 g/mol. The van der Waals surface area contributed by atoms with Gasteiger partial charge in [0.15, 0.2) is 0 Å². The van der Waals surface area contributed by atoms with Crippen LogP contribution in [0.1, 0.15) is 13.3 Å². The average Bonchev–Trinajstić information content (AvgIpc) is 2.74. The third-order valence-corrected chi connectivity index (χ3v) is 3.14. The highest BCUT2D eigenvalue weighted by atomic mass is 16.5. The van der Waals surface area contributed by atoms with Gasteiger partial charge < -0.3 is 15.4 Å². The van der Waals surface area contributed by atoms with Crippen molar-refractivity contribution in [3.63, 3.8) is 0 Å². The van der Waals surface area contributed by atoms with Crippen LogP contribution < -0.4 is 10.6 Å². The lowest BCUT2D eigenvalue weighted by molar-refractivity contribution is 0.179. The molecule has 0 amide bonds. The van der Waals surface area contributed by atoms with E-state index in [1.807, 2.05) is 6.07 Å². The molecule has 0 aromatic heterocycles. The molecule has 1 aliphatic heterocycles. The van der Waals surface area contributed by atoms with Crippen molar-refractivity contribution in [1.82, 2.24) is 0 Å². The molecule has 1 aromatic carbocycles. The van der Waals surface area contributed by atoms with E-state index in [0.29, 0.717) is 6.61 Å². The van der Waals surface area contributed by atoms with Crippen molar-refractivity contribution in [2.24, 2.45) is 5.73 Å². The van der Waals surface area contributed by atoms with Crippen LogP contribution in [0.4, 0.5) is 5.69 Å². The van der Waals surface area contributed by atoms with Crippen molar-refractivity contribution < 1.29 is 4.74 Å². The molecule has 0 radical (unpaired) electrons. The second-order valence-corrected chi connectivity index (χ2v) is 4.51. The van der Waals surface area contributed by atoms with Gasteiger partial charge in [0.05, 0.1) is 12.1 Å². The Morgan fingerprint density at radius 2 is 2.12 bits per heavy atom. The Balaban J connectivity index is 2.06. The molecule has 1 aliphatic rings. The molecular formula is C13H20N2O. The molecule has 1 atom stereocenters. The molecule has 0 bridgehead atoms. The summed E-state index contributed by atoms with van der Waals surface area (Å²) < 4.78 is 5.39. The topological polar surface area (TPSA) is 38.5 Å². The predicted octanol–water partition coefficient (Wildman–Crippen LogP) is 1.63. The highest BCUT2D eigenvalue weighted by Gasteiger charge is 2.32. The summed E-state index contributed by atoms with van der Waals surface area (Å²) in [5.41, 5.74) is 7.37. The number of nitrogens with zero attached hydrogens (tertiary/aromatic N) is 1. The van der Waals surface area contributed by atoms with Gasteiger partial charge in [0.1, 0.15) is 0 Å². The van der Waals surface area contributed by atoms with Crippen LogP contribution in [0, 0.1) is 0 Å². The molecule has 1 fully saturated rings. The Hall–Kier alpha value is -1.06. The molecule has 0 aliphatic carbocycles. The van der Waals surface area contributed by atoms with Gasteiger partial charge in [-0.1, -0.05) is 18.2 Å². The summed E-state index contributed by atoms with van der Waals surface area (Å²) >= 11 is 0. The van der Waals surface area contributed by atoms with Crippen molar-refractivity contribution in [2.45, 2.75) is 18.9 Å². The quantitative estimate of drug-likeness (QED) is 0.838. The molecule has 1 saturated heterocycles. The lowest BCUT2D eigenvalue weighted by Crippen LogP contribution is -2.51. The van der Waals surface area contributed by atoms with Gasteiger partial charge >= 0.3 is 0 Å². The second-order valence-electron chi connectivity index (χ2n) is 4.51. The zero-order valence-electron chi connectivity index (χ0n) is 9.86. The zero-order chi connectivity index (χ0) is 11.4. The van der Waals surface area contributed by atoms with E-state index in [9.17, 15) is 0 Å². The summed E-state index contributed by atoms with van der Waals surface area (Å²) in [6.07, 6.45) is 0.955. The first kappa shape index (κ1) is 11.4. The maximum Gasteiger partial charge on any atom is 0.0664 e. The van der Waals surface area contributed by atoms with E-state index in [2.05, 4.69) is 36.1 Å². The van der Waals surface area contributed by atoms with Crippen LogP contribution in [-0.4, -0.2) is 31.8 Å². The van der Waals surface area contributed by atoms with Crippen LogP contribution in [0.5, 0.6) is 0 Å². The average molecular weight is 220 g/mol. The van der Waals surface area contributed by atoms with Crippen molar-refractivity contribution in [3.8, 4) is 0 Å². The number of para-hydroxylation sites is 1. The van der Waals surface area contributed by atoms with Crippen LogP contribution in [0.25, 0.3) is 0 Å². The van der Waals surface area contributed by atoms with Gasteiger partial charge in [-0.05, 0) is 25.5 Å². The van der Waals surface area contributed by atoms with Crippen molar-refractivity contribution in [2.75, 3.05) is 31.2 Å². The third-order valence-electron chi connectivity index (χ3n) is 3.14. The van der Waals surface area contributed by atoms with Crippen LogP contribution in [-0.2, 0) is 4.74 Å². The Bertz CT molecular complexity index is 320. The molecule has 16 heavy (non-hydrogen) atoms. The molecule has 88 valence electrons. The summed E-state index contributed by atoms with van der Waals surface area (Å²) in [4.78, 5) is 2.31. The van der Waals surface area contributed by atoms with E-state index in [1.165, 1.54) is 5.69 Å². The fraction of sp³-hybridized carbons (Fsp3) is 0.538. The van der Waals surface area contributed by atoms with E-state index in [4.69, 9.17) is 10.5 Å². The number of hydrogen-bond acceptors (Lipinski definition) is 3. The highest BCUT2D eigenvalue weighted by Crippen LogP contribution is 2.21. The number of nitrogens with two attached hydrogens (primary N) is 1. The van der Waals surface area contributed by atoms with Gasteiger partial charge in [-0.25, -0.2) is 0 Å². The van der Waals surface area contributed by atoms with E-state index in [-0.39, 0.29) is 5.54 Å². The van der Waals surface area contributed by atoms with Crippen LogP contribution in [0.2, 0.25) is 0 Å². The molecule has 3 heteroatoms. The van der Waals surface area contributed by atoms with Crippen LogP contribution in [0.15, 0.2) is 30.3 Å². The first-order valence-electron chi connectivity index (χ1n) is 5.90. The van der Waals surface area contributed by atoms with Gasteiger partial charge in [0.25, 0.3) is 0 Å². The van der Waals surface area contributed by atoms with Crippen molar-refractivity contribution >= 4 is 5.69 Å². The standard InChI is InChI=1S/C13H20N2O/c1-2-15(12-6-4-3-5-7-12)10-13(14)8-9-16-11-13/h3-7H,2,8-11,14H2,1H3. The first-order chi connectivity index (χ1) is 7.73. The molecule has 3 nitrogen and oxygen atoms in total. The lowest BCUT2D eigenvalue weighted by Gasteiger charge is -2.32. The predicted molar refractivity (Wildman–Crippen MR) is 66.7 cm³/mol. The minimum Gasteiger partial charge on any atom is -0.379 e. The zero-order valence-corrected chi connectivity index (χ0v) is 9.86.